The van der Waals surface area contributed by atoms with Crippen LogP contribution in [0.3, 0.4) is 0 Å². The molecule has 1 atom stereocenters. The van der Waals surface area contributed by atoms with Crippen molar-refractivity contribution in [2.75, 3.05) is 0 Å². The highest BCUT2D eigenvalue weighted by Crippen LogP contribution is 2.20. The minimum atomic E-state index is -0.483. The molecular formula is C8H11NOS. The van der Waals surface area contributed by atoms with E-state index in [9.17, 15) is 5.11 Å². The SMILES string of the molecule is CCC(O)c1ncccc1S. The van der Waals surface area contributed by atoms with E-state index < -0.39 is 6.10 Å². The second kappa shape index (κ2) is 3.74. The van der Waals surface area contributed by atoms with Crippen molar-refractivity contribution in [1.82, 2.24) is 4.98 Å². The van der Waals surface area contributed by atoms with Gasteiger partial charge >= 0.3 is 0 Å². The Bertz CT molecular complexity index is 239. The Labute approximate surface area is 71.7 Å². The number of rotatable bonds is 2. The molecule has 1 N–H and O–H groups in total. The molecule has 60 valence electrons. The smallest absolute Gasteiger partial charge is 0.0968 e. The minimum absolute atomic E-state index is 0.483. The molecular weight excluding hydrogens is 158 g/mol. The number of nitrogens with zero attached hydrogens (tertiary/aromatic N) is 1. The molecule has 0 spiro atoms. The second-order valence-corrected chi connectivity index (χ2v) is 2.81. The van der Waals surface area contributed by atoms with Crippen LogP contribution in [0.4, 0.5) is 0 Å². The van der Waals surface area contributed by atoms with E-state index in [1.165, 1.54) is 0 Å². The highest BCUT2D eigenvalue weighted by atomic mass is 32.1. The third-order valence-electron chi connectivity index (χ3n) is 1.52. The quantitative estimate of drug-likeness (QED) is 0.662. The maximum atomic E-state index is 9.40. The van der Waals surface area contributed by atoms with Gasteiger partial charge in [0.1, 0.15) is 0 Å². The van der Waals surface area contributed by atoms with Gasteiger partial charge in [0.05, 0.1) is 11.8 Å². The molecule has 0 aromatic carbocycles. The Balaban J connectivity index is 2.93. The monoisotopic (exact) mass is 169 g/mol. The number of thiol groups is 1. The molecule has 2 nitrogen and oxygen atoms in total. The molecule has 0 saturated heterocycles. The summed E-state index contributed by atoms with van der Waals surface area (Å²) in [5.41, 5.74) is 0.665. The van der Waals surface area contributed by atoms with Crippen LogP contribution in [0.15, 0.2) is 23.2 Å². The van der Waals surface area contributed by atoms with Crippen molar-refractivity contribution in [2.45, 2.75) is 24.3 Å². The lowest BCUT2D eigenvalue weighted by molar-refractivity contribution is 0.166. The summed E-state index contributed by atoms with van der Waals surface area (Å²) in [6.07, 6.45) is 1.85. The molecule has 0 fully saturated rings. The molecule has 0 bridgehead atoms. The molecule has 1 unspecified atom stereocenters. The summed E-state index contributed by atoms with van der Waals surface area (Å²) in [5, 5.41) is 9.40. The maximum Gasteiger partial charge on any atom is 0.0968 e. The average molecular weight is 169 g/mol. The molecule has 0 aliphatic heterocycles. The van der Waals surface area contributed by atoms with Crippen molar-refractivity contribution in [3.63, 3.8) is 0 Å². The van der Waals surface area contributed by atoms with Gasteiger partial charge in [-0.05, 0) is 18.6 Å². The summed E-state index contributed by atoms with van der Waals surface area (Å²) in [4.78, 5) is 4.77. The lowest BCUT2D eigenvalue weighted by atomic mass is 10.2. The first-order chi connectivity index (χ1) is 5.25. The summed E-state index contributed by atoms with van der Waals surface area (Å²) in [7, 11) is 0. The third-order valence-corrected chi connectivity index (χ3v) is 1.90. The van der Waals surface area contributed by atoms with Gasteiger partial charge in [-0.3, -0.25) is 4.98 Å². The average Bonchev–Trinajstić information content (AvgIpc) is 2.04. The van der Waals surface area contributed by atoms with Crippen molar-refractivity contribution in [2.24, 2.45) is 0 Å². The van der Waals surface area contributed by atoms with Crippen LogP contribution in [-0.4, -0.2) is 10.1 Å². The third kappa shape index (κ3) is 1.94. The first kappa shape index (κ1) is 8.56. The summed E-state index contributed by atoms with van der Waals surface area (Å²) in [5.74, 6) is 0. The number of aromatic nitrogens is 1. The van der Waals surface area contributed by atoms with E-state index in [-0.39, 0.29) is 0 Å². The normalized spacial score (nSPS) is 13.0. The molecule has 1 aromatic heterocycles. The zero-order valence-electron chi connectivity index (χ0n) is 6.36. The van der Waals surface area contributed by atoms with Crippen molar-refractivity contribution < 1.29 is 5.11 Å². The van der Waals surface area contributed by atoms with E-state index in [1.807, 2.05) is 13.0 Å². The fourth-order valence-corrected chi connectivity index (χ4v) is 1.15. The van der Waals surface area contributed by atoms with Crippen LogP contribution in [0.1, 0.15) is 25.1 Å². The van der Waals surface area contributed by atoms with Crippen LogP contribution in [0, 0.1) is 0 Å². The number of aliphatic hydroxyl groups is 1. The van der Waals surface area contributed by atoms with Gasteiger partial charge in [-0.2, -0.15) is 0 Å². The van der Waals surface area contributed by atoms with Crippen molar-refractivity contribution >= 4 is 12.6 Å². The van der Waals surface area contributed by atoms with Gasteiger partial charge in [0.2, 0.25) is 0 Å². The minimum Gasteiger partial charge on any atom is -0.387 e. The molecule has 1 heterocycles. The van der Waals surface area contributed by atoms with Crippen LogP contribution in [0.5, 0.6) is 0 Å². The van der Waals surface area contributed by atoms with Crippen LogP contribution in [0.25, 0.3) is 0 Å². The van der Waals surface area contributed by atoms with Gasteiger partial charge in [0, 0.05) is 11.1 Å². The lowest BCUT2D eigenvalue weighted by Crippen LogP contribution is -1.99. The Morgan fingerprint density at radius 2 is 2.45 bits per heavy atom. The van der Waals surface area contributed by atoms with Crippen LogP contribution >= 0.6 is 12.6 Å². The van der Waals surface area contributed by atoms with E-state index in [2.05, 4.69) is 17.6 Å². The molecule has 0 saturated carbocycles. The summed E-state index contributed by atoms with van der Waals surface area (Å²) >= 11 is 4.17. The van der Waals surface area contributed by atoms with Gasteiger partial charge in [0.15, 0.2) is 0 Å². The lowest BCUT2D eigenvalue weighted by Gasteiger charge is -2.08. The zero-order chi connectivity index (χ0) is 8.27. The fourth-order valence-electron chi connectivity index (χ4n) is 0.859. The maximum absolute atomic E-state index is 9.40. The van der Waals surface area contributed by atoms with E-state index >= 15 is 0 Å². The fraction of sp³-hybridized carbons (Fsp3) is 0.375. The highest BCUT2D eigenvalue weighted by Gasteiger charge is 2.08. The largest absolute Gasteiger partial charge is 0.387 e. The topological polar surface area (TPSA) is 33.1 Å². The number of hydrogen-bond acceptors (Lipinski definition) is 3. The van der Waals surface area contributed by atoms with E-state index in [0.717, 1.165) is 4.90 Å². The summed E-state index contributed by atoms with van der Waals surface area (Å²) in [6.45, 7) is 1.91. The van der Waals surface area contributed by atoms with Gasteiger partial charge in [-0.15, -0.1) is 12.6 Å². The van der Waals surface area contributed by atoms with E-state index in [0.29, 0.717) is 12.1 Å². The Morgan fingerprint density at radius 3 is 3.00 bits per heavy atom. The van der Waals surface area contributed by atoms with Gasteiger partial charge in [0.25, 0.3) is 0 Å². The summed E-state index contributed by atoms with van der Waals surface area (Å²) in [6, 6.07) is 3.62. The Kier molecular flexibility index (Phi) is 2.91. The van der Waals surface area contributed by atoms with Crippen molar-refractivity contribution in [3.8, 4) is 0 Å². The summed E-state index contributed by atoms with van der Waals surface area (Å²) < 4.78 is 0. The number of aliphatic hydroxyl groups excluding tert-OH is 1. The van der Waals surface area contributed by atoms with Gasteiger partial charge < -0.3 is 5.11 Å². The second-order valence-electron chi connectivity index (χ2n) is 2.33. The standard InChI is InChI=1S/C8H11NOS/c1-2-6(10)8-7(11)4-3-5-9-8/h3-6,10-11H,2H2,1H3. The van der Waals surface area contributed by atoms with E-state index in [4.69, 9.17) is 0 Å². The van der Waals surface area contributed by atoms with E-state index in [1.54, 1.807) is 12.3 Å². The first-order valence-electron chi connectivity index (χ1n) is 3.57. The molecule has 0 radical (unpaired) electrons. The number of pyridine rings is 1. The van der Waals surface area contributed by atoms with Crippen molar-refractivity contribution in [1.29, 1.82) is 0 Å². The molecule has 0 aliphatic carbocycles. The molecule has 1 aromatic rings. The predicted molar refractivity (Wildman–Crippen MR) is 46.7 cm³/mol. The van der Waals surface area contributed by atoms with Crippen LogP contribution in [0.2, 0.25) is 0 Å². The molecule has 3 heteroatoms. The first-order valence-corrected chi connectivity index (χ1v) is 4.02. The van der Waals surface area contributed by atoms with Crippen LogP contribution < -0.4 is 0 Å². The van der Waals surface area contributed by atoms with Gasteiger partial charge in [-0.1, -0.05) is 6.92 Å². The predicted octanol–water partition coefficient (Wildman–Crippen LogP) is 1.81. The number of hydrogen-bond donors (Lipinski definition) is 2. The molecule has 0 aliphatic rings. The molecule has 1 rings (SSSR count). The van der Waals surface area contributed by atoms with Crippen molar-refractivity contribution in [3.05, 3.63) is 24.0 Å². The molecule has 0 amide bonds. The zero-order valence-corrected chi connectivity index (χ0v) is 7.25. The Morgan fingerprint density at radius 1 is 1.73 bits per heavy atom. The molecule has 11 heavy (non-hydrogen) atoms. The highest BCUT2D eigenvalue weighted by molar-refractivity contribution is 7.80. The van der Waals surface area contributed by atoms with Crippen LogP contribution in [-0.2, 0) is 0 Å². The Hall–Kier alpha value is -0.540. The van der Waals surface area contributed by atoms with Gasteiger partial charge in [-0.25, -0.2) is 0 Å².